The molecule has 8 heteroatoms. The van der Waals surface area contributed by atoms with Crippen LogP contribution in [0.2, 0.25) is 0 Å². The van der Waals surface area contributed by atoms with Crippen molar-refractivity contribution in [1.82, 2.24) is 9.21 Å². The summed E-state index contributed by atoms with van der Waals surface area (Å²) in [6.45, 7) is 3.93. The maximum atomic E-state index is 13.2. The van der Waals surface area contributed by atoms with Crippen LogP contribution in [0, 0.1) is 0 Å². The summed E-state index contributed by atoms with van der Waals surface area (Å²) >= 11 is 3.30. The Bertz CT molecular complexity index is 1100. The number of sulfonamides is 1. The topological polar surface area (TPSA) is 70.8 Å². The SMILES string of the molecule is C=CCN(CC(=O)N(Cc1ccccc1)Cc1ccco1)S(=O)(=O)c1ccc(Br)cc1. The van der Waals surface area contributed by atoms with Gasteiger partial charge in [0.05, 0.1) is 24.2 Å². The summed E-state index contributed by atoms with van der Waals surface area (Å²) in [5, 5.41) is 0. The fraction of sp³-hybridized carbons (Fsp3) is 0.174. The van der Waals surface area contributed by atoms with Crippen molar-refractivity contribution >= 4 is 31.9 Å². The van der Waals surface area contributed by atoms with Crippen LogP contribution in [0.15, 0.2) is 99.4 Å². The second-order valence-corrected chi connectivity index (χ2v) is 9.71. The molecule has 1 amide bonds. The Morgan fingerprint density at radius 2 is 1.71 bits per heavy atom. The highest BCUT2D eigenvalue weighted by Crippen LogP contribution is 2.20. The third-order valence-electron chi connectivity index (χ3n) is 4.59. The van der Waals surface area contributed by atoms with Crippen LogP contribution in [0.25, 0.3) is 0 Å². The Labute approximate surface area is 191 Å². The van der Waals surface area contributed by atoms with Crippen molar-refractivity contribution in [3.8, 4) is 0 Å². The molecule has 3 aromatic rings. The van der Waals surface area contributed by atoms with Crippen molar-refractivity contribution in [3.63, 3.8) is 0 Å². The number of benzene rings is 2. The summed E-state index contributed by atoms with van der Waals surface area (Å²) in [5.41, 5.74) is 0.938. The van der Waals surface area contributed by atoms with E-state index in [-0.39, 0.29) is 30.4 Å². The lowest BCUT2D eigenvalue weighted by Crippen LogP contribution is -2.42. The Morgan fingerprint density at radius 3 is 2.32 bits per heavy atom. The van der Waals surface area contributed by atoms with Gasteiger partial charge in [-0.25, -0.2) is 8.42 Å². The quantitative estimate of drug-likeness (QED) is 0.384. The van der Waals surface area contributed by atoms with Gasteiger partial charge in [-0.1, -0.05) is 52.3 Å². The van der Waals surface area contributed by atoms with Crippen molar-refractivity contribution < 1.29 is 17.6 Å². The highest BCUT2D eigenvalue weighted by molar-refractivity contribution is 9.10. The first kappa shape index (κ1) is 23.0. The molecule has 3 rings (SSSR count). The zero-order chi connectivity index (χ0) is 22.3. The standard InChI is InChI=1S/C23H23BrN2O4S/c1-2-14-26(31(28,29)22-12-10-20(24)11-13-22)18-23(27)25(17-21-9-6-15-30-21)16-19-7-4-3-5-8-19/h2-13,15H,1,14,16-18H2. The molecule has 2 aromatic carbocycles. The van der Waals surface area contributed by atoms with Gasteiger partial charge in [0.1, 0.15) is 5.76 Å². The summed E-state index contributed by atoms with van der Waals surface area (Å²) in [5.74, 6) is 0.290. The molecule has 0 aliphatic heterocycles. The van der Waals surface area contributed by atoms with Crippen LogP contribution in [-0.2, 0) is 27.9 Å². The Morgan fingerprint density at radius 1 is 1.00 bits per heavy atom. The molecule has 0 unspecified atom stereocenters. The zero-order valence-electron chi connectivity index (χ0n) is 16.9. The maximum absolute atomic E-state index is 13.2. The Kier molecular flexibility index (Phi) is 7.84. The molecule has 0 radical (unpaired) electrons. The fourth-order valence-electron chi connectivity index (χ4n) is 3.02. The molecule has 0 aliphatic carbocycles. The van der Waals surface area contributed by atoms with Crippen LogP contribution in [0.5, 0.6) is 0 Å². The first-order valence-corrected chi connectivity index (χ1v) is 11.8. The van der Waals surface area contributed by atoms with Gasteiger partial charge in [0, 0.05) is 17.6 Å². The van der Waals surface area contributed by atoms with Gasteiger partial charge in [-0.2, -0.15) is 4.31 Å². The van der Waals surface area contributed by atoms with Crippen LogP contribution in [-0.4, -0.2) is 36.6 Å². The fourth-order valence-corrected chi connectivity index (χ4v) is 4.65. The monoisotopic (exact) mass is 502 g/mol. The van der Waals surface area contributed by atoms with Crippen LogP contribution >= 0.6 is 15.9 Å². The van der Waals surface area contributed by atoms with Crippen LogP contribution in [0.4, 0.5) is 0 Å². The van der Waals surface area contributed by atoms with Crippen molar-refractivity contribution in [2.75, 3.05) is 13.1 Å². The predicted octanol–water partition coefficient (Wildman–Crippen LogP) is 4.45. The number of nitrogens with zero attached hydrogens (tertiary/aromatic N) is 2. The van der Waals surface area contributed by atoms with E-state index in [1.807, 2.05) is 30.3 Å². The lowest BCUT2D eigenvalue weighted by molar-refractivity contribution is -0.132. The van der Waals surface area contributed by atoms with Gasteiger partial charge < -0.3 is 9.32 Å². The molecule has 0 fully saturated rings. The number of carbonyl (C=O) groups excluding carboxylic acids is 1. The summed E-state index contributed by atoms with van der Waals surface area (Å²) in [6, 6.07) is 19.4. The van der Waals surface area contributed by atoms with Gasteiger partial charge in [0.25, 0.3) is 0 Å². The van der Waals surface area contributed by atoms with Crippen LogP contribution in [0.3, 0.4) is 0 Å². The number of hydrogen-bond donors (Lipinski definition) is 0. The Balaban J connectivity index is 1.84. The highest BCUT2D eigenvalue weighted by Gasteiger charge is 2.28. The second-order valence-electron chi connectivity index (χ2n) is 6.85. The molecule has 6 nitrogen and oxygen atoms in total. The summed E-state index contributed by atoms with van der Waals surface area (Å²) in [6.07, 6.45) is 3.01. The van der Waals surface area contributed by atoms with Crippen LogP contribution in [0.1, 0.15) is 11.3 Å². The molecule has 0 aliphatic rings. The molecule has 0 saturated heterocycles. The summed E-state index contributed by atoms with van der Waals surface area (Å²) < 4.78 is 33.6. The van der Waals surface area contributed by atoms with E-state index in [1.165, 1.54) is 18.2 Å². The third-order valence-corrected chi connectivity index (χ3v) is 6.95. The lowest BCUT2D eigenvalue weighted by Gasteiger charge is -2.26. The number of rotatable bonds is 10. The van der Waals surface area contributed by atoms with Gasteiger partial charge in [0.15, 0.2) is 0 Å². The van der Waals surface area contributed by atoms with Gasteiger partial charge in [-0.3, -0.25) is 4.79 Å². The van der Waals surface area contributed by atoms with E-state index in [9.17, 15) is 13.2 Å². The van der Waals surface area contributed by atoms with E-state index in [0.717, 1.165) is 14.3 Å². The minimum absolute atomic E-state index is 0.0179. The average Bonchev–Trinajstić information content (AvgIpc) is 3.27. The maximum Gasteiger partial charge on any atom is 0.243 e. The average molecular weight is 503 g/mol. The number of amides is 1. The van der Waals surface area contributed by atoms with Crippen molar-refractivity contribution in [2.24, 2.45) is 0 Å². The normalized spacial score (nSPS) is 11.4. The molecule has 1 aromatic heterocycles. The number of halogens is 1. The Hall–Kier alpha value is -2.68. The van der Waals surface area contributed by atoms with Crippen molar-refractivity contribution in [2.45, 2.75) is 18.0 Å². The molecular weight excluding hydrogens is 480 g/mol. The van der Waals surface area contributed by atoms with Gasteiger partial charge in [0.2, 0.25) is 15.9 Å². The first-order valence-electron chi connectivity index (χ1n) is 9.61. The summed E-state index contributed by atoms with van der Waals surface area (Å²) in [7, 11) is -3.87. The summed E-state index contributed by atoms with van der Waals surface area (Å²) in [4.78, 5) is 14.9. The van der Waals surface area contributed by atoms with E-state index in [4.69, 9.17) is 4.42 Å². The second kappa shape index (κ2) is 10.6. The van der Waals surface area contributed by atoms with Crippen molar-refractivity contribution in [1.29, 1.82) is 0 Å². The van der Waals surface area contributed by atoms with Gasteiger partial charge >= 0.3 is 0 Å². The number of carbonyl (C=O) groups is 1. The molecule has 0 saturated carbocycles. The van der Waals surface area contributed by atoms with E-state index in [0.29, 0.717) is 12.3 Å². The molecule has 31 heavy (non-hydrogen) atoms. The molecule has 162 valence electrons. The molecule has 0 N–H and O–H groups in total. The number of furan rings is 1. The highest BCUT2D eigenvalue weighted by atomic mass is 79.9. The lowest BCUT2D eigenvalue weighted by atomic mass is 10.2. The minimum Gasteiger partial charge on any atom is -0.467 e. The zero-order valence-corrected chi connectivity index (χ0v) is 19.3. The van der Waals surface area contributed by atoms with Crippen molar-refractivity contribution in [3.05, 3.63) is 101 Å². The largest absolute Gasteiger partial charge is 0.467 e. The predicted molar refractivity (Wildman–Crippen MR) is 123 cm³/mol. The third kappa shape index (κ3) is 6.16. The van der Waals surface area contributed by atoms with Gasteiger partial charge in [-0.15, -0.1) is 6.58 Å². The molecule has 0 bridgehead atoms. The molecule has 0 atom stereocenters. The molecule has 0 spiro atoms. The van der Waals surface area contributed by atoms with E-state index in [2.05, 4.69) is 22.5 Å². The minimum atomic E-state index is -3.87. The smallest absolute Gasteiger partial charge is 0.243 e. The van der Waals surface area contributed by atoms with E-state index >= 15 is 0 Å². The molecular formula is C23H23BrN2O4S. The number of hydrogen-bond acceptors (Lipinski definition) is 4. The van der Waals surface area contributed by atoms with Crippen LogP contribution < -0.4 is 0 Å². The first-order chi connectivity index (χ1) is 14.9. The van der Waals surface area contributed by atoms with Gasteiger partial charge in [-0.05, 0) is 42.0 Å². The van der Waals surface area contributed by atoms with E-state index in [1.54, 1.807) is 35.4 Å². The van der Waals surface area contributed by atoms with E-state index < -0.39 is 10.0 Å². The molecule has 1 heterocycles.